The molecule has 6 nitrogen and oxygen atoms in total. The van der Waals surface area contributed by atoms with Crippen molar-refractivity contribution in [1.29, 1.82) is 0 Å². The number of carbonyl (C=O) groups is 1. The lowest BCUT2D eigenvalue weighted by atomic mass is 10.0. The first-order valence-electron chi connectivity index (χ1n) is 10.4. The van der Waals surface area contributed by atoms with Crippen molar-refractivity contribution < 1.29 is 26.4 Å². The van der Waals surface area contributed by atoms with Gasteiger partial charge in [0.1, 0.15) is 6.04 Å². The highest BCUT2D eigenvalue weighted by molar-refractivity contribution is 7.89. The zero-order chi connectivity index (χ0) is 22.9. The molecule has 1 atom stereocenters. The van der Waals surface area contributed by atoms with Crippen LogP contribution < -0.4 is 5.32 Å². The highest BCUT2D eigenvalue weighted by Crippen LogP contribution is 2.31. The summed E-state index contributed by atoms with van der Waals surface area (Å²) in [6.45, 7) is 0.946. The molecule has 0 aromatic heterocycles. The van der Waals surface area contributed by atoms with Gasteiger partial charge >= 0.3 is 6.18 Å². The van der Waals surface area contributed by atoms with Gasteiger partial charge in [0.25, 0.3) is 0 Å². The number of sulfonamides is 1. The smallest absolute Gasteiger partial charge is 0.352 e. The summed E-state index contributed by atoms with van der Waals surface area (Å²) in [6.07, 6.45) is -2.60. The van der Waals surface area contributed by atoms with Gasteiger partial charge in [0.05, 0.1) is 10.5 Å². The molecule has 1 aliphatic carbocycles. The molecule has 2 fully saturated rings. The van der Waals surface area contributed by atoms with Crippen molar-refractivity contribution in [2.75, 3.05) is 26.2 Å². The Kier molecular flexibility index (Phi) is 6.28. The van der Waals surface area contributed by atoms with Crippen molar-refractivity contribution in [1.82, 2.24) is 14.5 Å². The molecular formula is C22H24F3N3O3S. The van der Waals surface area contributed by atoms with Crippen LogP contribution in [0, 0.1) is 0 Å². The second-order valence-electron chi connectivity index (χ2n) is 8.06. The van der Waals surface area contributed by atoms with Gasteiger partial charge in [-0.05, 0) is 42.7 Å². The fraction of sp³-hybridized carbons (Fsp3) is 0.409. The number of rotatable bonds is 6. The molecule has 1 saturated carbocycles. The number of nitrogens with zero attached hydrogens (tertiary/aromatic N) is 2. The first-order valence-corrected chi connectivity index (χ1v) is 11.9. The zero-order valence-electron chi connectivity index (χ0n) is 17.3. The minimum Gasteiger partial charge on any atom is -0.352 e. The van der Waals surface area contributed by atoms with Gasteiger partial charge < -0.3 is 5.32 Å². The number of amides is 1. The Morgan fingerprint density at radius 1 is 0.938 bits per heavy atom. The second-order valence-corrected chi connectivity index (χ2v) is 10.00. The van der Waals surface area contributed by atoms with E-state index in [0.29, 0.717) is 13.1 Å². The fourth-order valence-corrected chi connectivity index (χ4v) is 5.26. The Hall–Kier alpha value is -2.43. The summed E-state index contributed by atoms with van der Waals surface area (Å²) in [5, 5.41) is 3.03. The number of halogens is 3. The van der Waals surface area contributed by atoms with Gasteiger partial charge in [0.2, 0.25) is 15.9 Å². The summed E-state index contributed by atoms with van der Waals surface area (Å²) in [5.74, 6) is -0.0993. The van der Waals surface area contributed by atoms with E-state index in [4.69, 9.17) is 0 Å². The Bertz CT molecular complexity index is 1050. The van der Waals surface area contributed by atoms with Gasteiger partial charge in [-0.1, -0.05) is 30.3 Å². The van der Waals surface area contributed by atoms with Gasteiger partial charge in [-0.2, -0.15) is 17.5 Å². The number of alkyl halides is 3. The van der Waals surface area contributed by atoms with Gasteiger partial charge in [-0.25, -0.2) is 8.42 Å². The Balaban J connectivity index is 1.47. The normalized spacial score (nSPS) is 19.5. The molecule has 2 aliphatic rings. The minimum absolute atomic E-state index is 0.0993. The van der Waals surface area contributed by atoms with Crippen LogP contribution in [-0.4, -0.2) is 55.8 Å². The standard InChI is InChI=1S/C22H24F3N3O3S/c23-22(24,25)17-6-10-19(11-7-17)32(30,31)28-14-12-27(13-15-28)20(16-4-2-1-3-5-16)21(29)26-18-8-9-18/h1-7,10-11,18,20H,8-9,12-15H2,(H,26,29)/t20-/m1/s1. The number of piperazine rings is 1. The summed E-state index contributed by atoms with van der Waals surface area (Å²) < 4.78 is 65.5. The molecule has 0 bridgehead atoms. The summed E-state index contributed by atoms with van der Waals surface area (Å²) in [4.78, 5) is 14.7. The van der Waals surface area contributed by atoms with E-state index in [1.807, 2.05) is 35.2 Å². The summed E-state index contributed by atoms with van der Waals surface area (Å²) in [5.41, 5.74) is -0.0571. The topological polar surface area (TPSA) is 69.7 Å². The van der Waals surface area contributed by atoms with E-state index in [2.05, 4.69) is 5.32 Å². The number of nitrogens with one attached hydrogen (secondary N) is 1. The van der Waals surface area contributed by atoms with Gasteiger partial charge in [0, 0.05) is 32.2 Å². The third-order valence-corrected chi connectivity index (χ3v) is 7.66. The van der Waals surface area contributed by atoms with Crippen LogP contribution in [0.25, 0.3) is 0 Å². The molecule has 1 amide bonds. The maximum atomic E-state index is 12.9. The summed E-state index contributed by atoms with van der Waals surface area (Å²) >= 11 is 0. The van der Waals surface area contributed by atoms with E-state index < -0.39 is 27.8 Å². The third-order valence-electron chi connectivity index (χ3n) is 5.75. The van der Waals surface area contributed by atoms with Crippen LogP contribution in [0.15, 0.2) is 59.5 Å². The van der Waals surface area contributed by atoms with Crippen LogP contribution in [0.5, 0.6) is 0 Å². The van der Waals surface area contributed by atoms with Gasteiger partial charge in [-0.3, -0.25) is 9.69 Å². The van der Waals surface area contributed by atoms with E-state index in [-0.39, 0.29) is 29.9 Å². The van der Waals surface area contributed by atoms with Crippen molar-refractivity contribution in [3.8, 4) is 0 Å². The lowest BCUT2D eigenvalue weighted by Gasteiger charge is -2.38. The lowest BCUT2D eigenvalue weighted by molar-refractivity contribution is -0.137. The molecule has 10 heteroatoms. The first-order chi connectivity index (χ1) is 15.2. The van der Waals surface area contributed by atoms with Crippen LogP contribution >= 0.6 is 0 Å². The number of carbonyl (C=O) groups excluding carboxylic acids is 1. The van der Waals surface area contributed by atoms with E-state index >= 15 is 0 Å². The predicted molar refractivity (Wildman–Crippen MR) is 112 cm³/mol. The fourth-order valence-electron chi connectivity index (χ4n) is 3.84. The van der Waals surface area contributed by atoms with Crippen molar-refractivity contribution in [3.63, 3.8) is 0 Å². The van der Waals surface area contributed by atoms with Crippen LogP contribution in [0.3, 0.4) is 0 Å². The maximum Gasteiger partial charge on any atom is 0.416 e. The summed E-state index contributed by atoms with van der Waals surface area (Å²) in [7, 11) is -3.93. The Morgan fingerprint density at radius 2 is 1.53 bits per heavy atom. The number of hydrogen-bond acceptors (Lipinski definition) is 4. The maximum absolute atomic E-state index is 12.9. The predicted octanol–water partition coefficient (Wildman–Crippen LogP) is 3.03. The van der Waals surface area contributed by atoms with Crippen molar-refractivity contribution in [2.45, 2.75) is 36.0 Å². The van der Waals surface area contributed by atoms with Gasteiger partial charge in [-0.15, -0.1) is 0 Å². The van der Waals surface area contributed by atoms with Crippen LogP contribution in [0.4, 0.5) is 13.2 Å². The van der Waals surface area contributed by atoms with E-state index in [0.717, 1.165) is 42.7 Å². The number of benzene rings is 2. The molecule has 1 N–H and O–H groups in total. The van der Waals surface area contributed by atoms with Crippen molar-refractivity contribution in [2.24, 2.45) is 0 Å². The average molecular weight is 468 g/mol. The molecule has 2 aromatic carbocycles. The molecule has 0 unspecified atom stereocenters. The zero-order valence-corrected chi connectivity index (χ0v) is 18.1. The molecule has 0 spiro atoms. The average Bonchev–Trinajstić information content (AvgIpc) is 3.58. The lowest BCUT2D eigenvalue weighted by Crippen LogP contribution is -2.52. The summed E-state index contributed by atoms with van der Waals surface area (Å²) in [6, 6.07) is 12.5. The Morgan fingerprint density at radius 3 is 2.06 bits per heavy atom. The van der Waals surface area contributed by atoms with Gasteiger partial charge in [0.15, 0.2) is 0 Å². The second kappa shape index (κ2) is 8.84. The van der Waals surface area contributed by atoms with E-state index in [9.17, 15) is 26.4 Å². The number of hydrogen-bond donors (Lipinski definition) is 1. The largest absolute Gasteiger partial charge is 0.416 e. The first kappa shape index (κ1) is 22.8. The van der Waals surface area contributed by atoms with Crippen molar-refractivity contribution >= 4 is 15.9 Å². The van der Waals surface area contributed by atoms with Crippen LogP contribution in [-0.2, 0) is 21.0 Å². The molecule has 1 saturated heterocycles. The molecule has 4 rings (SSSR count). The van der Waals surface area contributed by atoms with Crippen LogP contribution in [0.2, 0.25) is 0 Å². The van der Waals surface area contributed by atoms with E-state index in [1.165, 1.54) is 4.31 Å². The molecule has 0 radical (unpaired) electrons. The molecule has 2 aromatic rings. The third kappa shape index (κ3) is 4.97. The molecule has 1 aliphatic heterocycles. The van der Waals surface area contributed by atoms with Crippen molar-refractivity contribution in [3.05, 3.63) is 65.7 Å². The quantitative estimate of drug-likeness (QED) is 0.709. The highest BCUT2D eigenvalue weighted by atomic mass is 32.2. The van der Waals surface area contributed by atoms with E-state index in [1.54, 1.807) is 0 Å². The minimum atomic E-state index is -4.53. The molecular weight excluding hydrogens is 443 g/mol. The SMILES string of the molecule is O=C(NC1CC1)[C@@H](c1ccccc1)N1CCN(S(=O)(=O)c2ccc(C(F)(F)F)cc2)CC1. The van der Waals surface area contributed by atoms with Crippen LogP contribution in [0.1, 0.15) is 30.0 Å². The highest BCUT2D eigenvalue weighted by Gasteiger charge is 2.37. The monoisotopic (exact) mass is 467 g/mol. The molecule has 1 heterocycles. The Labute approximate surface area is 185 Å². The molecule has 32 heavy (non-hydrogen) atoms. The molecule has 172 valence electrons.